The highest BCUT2D eigenvalue weighted by Crippen LogP contribution is 2.28. The van der Waals surface area contributed by atoms with Gasteiger partial charge in [0.25, 0.3) is 11.8 Å². The van der Waals surface area contributed by atoms with Crippen LogP contribution in [0.5, 0.6) is 0 Å². The van der Waals surface area contributed by atoms with Crippen LogP contribution in [-0.4, -0.2) is 46.3 Å². The molecule has 1 unspecified atom stereocenters. The lowest BCUT2D eigenvalue weighted by Gasteiger charge is -2.25. The van der Waals surface area contributed by atoms with Crippen LogP contribution in [0.2, 0.25) is 0 Å². The first-order chi connectivity index (χ1) is 13.8. The molecule has 1 aliphatic rings. The number of carbonyl (C=O) groups excluding carboxylic acids is 2. The summed E-state index contributed by atoms with van der Waals surface area (Å²) in [5, 5.41) is 6.22. The fourth-order valence-electron chi connectivity index (χ4n) is 3.14. The molecule has 0 saturated carbocycles. The Balaban J connectivity index is 1.61. The van der Waals surface area contributed by atoms with Crippen LogP contribution in [0.1, 0.15) is 39.2 Å². The van der Waals surface area contributed by atoms with E-state index in [1.807, 2.05) is 24.3 Å². The molecule has 2 aromatic carbocycles. The third-order valence-corrected chi connectivity index (χ3v) is 6.91. The molecule has 3 aromatic rings. The van der Waals surface area contributed by atoms with Crippen molar-refractivity contribution in [3.05, 3.63) is 71.8 Å². The Morgan fingerprint density at radius 3 is 2.38 bits per heavy atom. The molecular weight excluding hydrogens is 394 g/mol. The van der Waals surface area contributed by atoms with E-state index in [2.05, 4.69) is 15.4 Å². The second-order valence-electron chi connectivity index (χ2n) is 6.62. The molecule has 0 radical (unpaired) electrons. The number of sulfonamides is 1. The maximum atomic E-state index is 13.1. The SMILES string of the molecule is CC(c1ccc(-n2cncn2)cc1)N(C)S(=O)(=O)c1ccc2c(c1)C(=O)NC2=O. The highest BCUT2D eigenvalue weighted by molar-refractivity contribution is 7.89. The van der Waals surface area contributed by atoms with Gasteiger partial charge in [-0.25, -0.2) is 18.1 Å². The predicted molar refractivity (Wildman–Crippen MR) is 103 cm³/mol. The van der Waals surface area contributed by atoms with Gasteiger partial charge in [-0.1, -0.05) is 12.1 Å². The molecule has 9 nitrogen and oxygen atoms in total. The van der Waals surface area contributed by atoms with Gasteiger partial charge in [-0.2, -0.15) is 9.40 Å². The van der Waals surface area contributed by atoms with E-state index in [-0.39, 0.29) is 16.0 Å². The maximum Gasteiger partial charge on any atom is 0.258 e. The van der Waals surface area contributed by atoms with E-state index in [0.29, 0.717) is 0 Å². The zero-order valence-electron chi connectivity index (χ0n) is 15.6. The van der Waals surface area contributed by atoms with E-state index >= 15 is 0 Å². The van der Waals surface area contributed by atoms with Crippen LogP contribution in [-0.2, 0) is 10.0 Å². The van der Waals surface area contributed by atoms with Crippen LogP contribution in [0.4, 0.5) is 0 Å². The minimum Gasteiger partial charge on any atom is -0.288 e. The lowest BCUT2D eigenvalue weighted by molar-refractivity contribution is 0.0879. The van der Waals surface area contributed by atoms with Crippen molar-refractivity contribution in [1.29, 1.82) is 0 Å². The zero-order chi connectivity index (χ0) is 20.8. The Bertz CT molecular complexity index is 1200. The quantitative estimate of drug-likeness (QED) is 0.637. The van der Waals surface area contributed by atoms with Gasteiger partial charge < -0.3 is 0 Å². The van der Waals surface area contributed by atoms with Crippen molar-refractivity contribution < 1.29 is 18.0 Å². The molecule has 2 amide bonds. The summed E-state index contributed by atoms with van der Waals surface area (Å²) in [5.74, 6) is -1.12. The van der Waals surface area contributed by atoms with Crippen LogP contribution in [0.25, 0.3) is 5.69 Å². The largest absolute Gasteiger partial charge is 0.288 e. The number of nitrogens with zero attached hydrogens (tertiary/aromatic N) is 4. The first-order valence-electron chi connectivity index (χ1n) is 8.72. The smallest absolute Gasteiger partial charge is 0.258 e. The lowest BCUT2D eigenvalue weighted by Crippen LogP contribution is -2.30. The number of rotatable bonds is 5. The topological polar surface area (TPSA) is 114 Å². The molecular formula is C19H17N5O4S. The third kappa shape index (κ3) is 3.22. The number of fused-ring (bicyclic) bond motifs is 1. The molecule has 1 aromatic heterocycles. The molecule has 4 rings (SSSR count). The summed E-state index contributed by atoms with van der Waals surface area (Å²) in [4.78, 5) is 27.4. The standard InChI is InChI=1S/C19H17N5O4S/c1-12(13-3-5-14(6-4-13)24-11-20-10-21-24)23(2)29(27,28)15-7-8-16-17(9-15)19(26)22-18(16)25/h3-12H,1-2H3,(H,22,25,26). The molecule has 1 N–H and O–H groups in total. The van der Waals surface area contributed by atoms with E-state index in [9.17, 15) is 18.0 Å². The predicted octanol–water partition coefficient (Wildman–Crippen LogP) is 1.53. The number of carbonyl (C=O) groups is 2. The maximum absolute atomic E-state index is 13.1. The summed E-state index contributed by atoms with van der Waals surface area (Å²) in [7, 11) is -2.41. The Labute approximate surface area is 167 Å². The summed E-state index contributed by atoms with van der Waals surface area (Å²) in [6, 6.07) is 10.8. The van der Waals surface area contributed by atoms with Gasteiger partial charge in [-0.15, -0.1) is 0 Å². The van der Waals surface area contributed by atoms with Crippen molar-refractivity contribution in [2.24, 2.45) is 0 Å². The molecule has 10 heteroatoms. The zero-order valence-corrected chi connectivity index (χ0v) is 16.4. The van der Waals surface area contributed by atoms with Crippen LogP contribution >= 0.6 is 0 Å². The van der Waals surface area contributed by atoms with Crippen molar-refractivity contribution in [2.75, 3.05) is 7.05 Å². The fourth-order valence-corrected chi connectivity index (χ4v) is 4.52. The van der Waals surface area contributed by atoms with Gasteiger partial charge >= 0.3 is 0 Å². The van der Waals surface area contributed by atoms with Crippen molar-refractivity contribution >= 4 is 21.8 Å². The summed E-state index contributed by atoms with van der Waals surface area (Å²) in [5.41, 5.74) is 1.83. The Morgan fingerprint density at radius 2 is 1.72 bits per heavy atom. The molecule has 0 aliphatic carbocycles. The summed E-state index contributed by atoms with van der Waals surface area (Å²) in [6.45, 7) is 1.77. The molecule has 1 aliphatic heterocycles. The summed E-state index contributed by atoms with van der Waals surface area (Å²) in [6.07, 6.45) is 3.01. The highest BCUT2D eigenvalue weighted by atomic mass is 32.2. The molecule has 2 heterocycles. The Kier molecular flexibility index (Phi) is 4.52. The molecule has 0 saturated heterocycles. The summed E-state index contributed by atoms with van der Waals surface area (Å²) < 4.78 is 29.0. The number of hydrogen-bond acceptors (Lipinski definition) is 6. The van der Waals surface area contributed by atoms with E-state index < -0.39 is 27.9 Å². The number of aromatic nitrogens is 3. The molecule has 1 atom stereocenters. The molecule has 148 valence electrons. The third-order valence-electron chi connectivity index (χ3n) is 4.99. The van der Waals surface area contributed by atoms with E-state index in [1.54, 1.807) is 17.9 Å². The number of hydrogen-bond donors (Lipinski definition) is 1. The van der Waals surface area contributed by atoms with Crippen molar-refractivity contribution in [2.45, 2.75) is 17.9 Å². The van der Waals surface area contributed by atoms with Gasteiger partial charge in [0.2, 0.25) is 10.0 Å². The Morgan fingerprint density at radius 1 is 1.03 bits per heavy atom. The van der Waals surface area contributed by atoms with Crippen molar-refractivity contribution in [3.63, 3.8) is 0 Å². The van der Waals surface area contributed by atoms with Crippen molar-refractivity contribution in [3.8, 4) is 5.69 Å². The second-order valence-corrected chi connectivity index (χ2v) is 8.62. The summed E-state index contributed by atoms with van der Waals surface area (Å²) >= 11 is 0. The van der Waals surface area contributed by atoms with Gasteiger partial charge in [-0.05, 0) is 42.8 Å². The van der Waals surface area contributed by atoms with Gasteiger partial charge in [-0.3, -0.25) is 14.9 Å². The first-order valence-corrected chi connectivity index (χ1v) is 10.2. The molecule has 29 heavy (non-hydrogen) atoms. The molecule has 0 spiro atoms. The van der Waals surface area contributed by atoms with E-state index in [0.717, 1.165) is 11.3 Å². The van der Waals surface area contributed by atoms with E-state index in [4.69, 9.17) is 0 Å². The minimum absolute atomic E-state index is 0.0466. The minimum atomic E-state index is -3.89. The number of benzene rings is 2. The van der Waals surface area contributed by atoms with Crippen molar-refractivity contribution in [1.82, 2.24) is 24.4 Å². The van der Waals surface area contributed by atoms with Gasteiger partial charge in [0.1, 0.15) is 12.7 Å². The number of amides is 2. The highest BCUT2D eigenvalue weighted by Gasteiger charge is 2.31. The second kappa shape index (κ2) is 6.90. The monoisotopic (exact) mass is 411 g/mol. The molecule has 0 fully saturated rings. The number of imide groups is 1. The molecule has 0 bridgehead atoms. The van der Waals surface area contributed by atoms with Gasteiger partial charge in [0, 0.05) is 13.1 Å². The van der Waals surface area contributed by atoms with Crippen LogP contribution in [0, 0.1) is 0 Å². The normalized spacial score (nSPS) is 14.7. The average molecular weight is 411 g/mol. The average Bonchev–Trinajstić information content (AvgIpc) is 3.35. The van der Waals surface area contributed by atoms with Gasteiger partial charge in [0.15, 0.2) is 0 Å². The number of nitrogens with one attached hydrogen (secondary N) is 1. The van der Waals surface area contributed by atoms with Crippen LogP contribution in [0.3, 0.4) is 0 Å². The lowest BCUT2D eigenvalue weighted by atomic mass is 10.1. The van der Waals surface area contributed by atoms with Gasteiger partial charge in [0.05, 0.1) is 21.7 Å². The van der Waals surface area contributed by atoms with E-state index in [1.165, 1.54) is 35.9 Å². The fraction of sp³-hybridized carbons (Fsp3) is 0.158. The first kappa shape index (κ1) is 19.0. The Hall–Kier alpha value is -3.37. The van der Waals surface area contributed by atoms with Crippen LogP contribution < -0.4 is 5.32 Å². The van der Waals surface area contributed by atoms with Crippen LogP contribution in [0.15, 0.2) is 60.0 Å².